The van der Waals surface area contributed by atoms with Crippen LogP contribution in [0.1, 0.15) is 27.2 Å². The van der Waals surface area contributed by atoms with Crippen LogP contribution in [0.3, 0.4) is 0 Å². The number of rotatable bonds is 5. The molecule has 1 aliphatic rings. The molecular weight excluding hydrogens is 432 g/mol. The SMILES string of the molecule is COc1ccc(C2(c3cccc(NC(=O)c4ncc(C)cc4Cl)c3)CSC(N)=N2)cc1. The molecule has 2 aromatic carbocycles. The Balaban J connectivity index is 1.68. The van der Waals surface area contributed by atoms with E-state index in [2.05, 4.69) is 10.3 Å². The number of amides is 1. The first-order valence-electron chi connectivity index (χ1n) is 9.58. The smallest absolute Gasteiger partial charge is 0.275 e. The molecule has 31 heavy (non-hydrogen) atoms. The number of hydrogen-bond donors (Lipinski definition) is 2. The fourth-order valence-electron chi connectivity index (χ4n) is 3.51. The number of benzene rings is 2. The van der Waals surface area contributed by atoms with Gasteiger partial charge in [-0.05, 0) is 53.9 Å². The molecule has 0 spiro atoms. The van der Waals surface area contributed by atoms with Gasteiger partial charge in [-0.15, -0.1) is 0 Å². The molecule has 8 heteroatoms. The lowest BCUT2D eigenvalue weighted by Gasteiger charge is -2.27. The van der Waals surface area contributed by atoms with Crippen molar-refractivity contribution >= 4 is 40.1 Å². The molecule has 0 radical (unpaired) electrons. The van der Waals surface area contributed by atoms with Gasteiger partial charge in [0.05, 0.1) is 12.1 Å². The highest BCUT2D eigenvalue weighted by atomic mass is 35.5. The summed E-state index contributed by atoms with van der Waals surface area (Å²) in [5.74, 6) is 1.06. The Kier molecular flexibility index (Phi) is 5.89. The second kappa shape index (κ2) is 8.61. The van der Waals surface area contributed by atoms with Crippen LogP contribution in [0.25, 0.3) is 0 Å². The number of aliphatic imine (C=N–C) groups is 1. The van der Waals surface area contributed by atoms with Crippen molar-refractivity contribution in [2.24, 2.45) is 10.7 Å². The van der Waals surface area contributed by atoms with E-state index in [0.717, 1.165) is 22.4 Å². The molecule has 1 aliphatic heterocycles. The van der Waals surface area contributed by atoms with Crippen LogP contribution in [-0.4, -0.2) is 28.9 Å². The van der Waals surface area contributed by atoms with Gasteiger partial charge in [-0.2, -0.15) is 0 Å². The third kappa shape index (κ3) is 4.24. The molecule has 0 bridgehead atoms. The number of carbonyl (C=O) groups is 1. The van der Waals surface area contributed by atoms with Crippen molar-refractivity contribution in [3.63, 3.8) is 0 Å². The van der Waals surface area contributed by atoms with Gasteiger partial charge in [-0.3, -0.25) is 4.79 Å². The number of halogens is 1. The number of amidine groups is 1. The van der Waals surface area contributed by atoms with E-state index in [1.807, 2.05) is 55.5 Å². The molecule has 1 aromatic heterocycles. The topological polar surface area (TPSA) is 89.6 Å². The van der Waals surface area contributed by atoms with Crippen molar-refractivity contribution in [2.75, 3.05) is 18.2 Å². The average molecular weight is 453 g/mol. The minimum absolute atomic E-state index is 0.182. The van der Waals surface area contributed by atoms with Crippen molar-refractivity contribution in [3.8, 4) is 5.75 Å². The molecule has 1 atom stereocenters. The Morgan fingerprint density at radius 2 is 1.97 bits per heavy atom. The molecule has 0 saturated carbocycles. The van der Waals surface area contributed by atoms with Gasteiger partial charge in [0, 0.05) is 17.6 Å². The first-order chi connectivity index (χ1) is 14.9. The zero-order valence-corrected chi connectivity index (χ0v) is 18.6. The van der Waals surface area contributed by atoms with Gasteiger partial charge < -0.3 is 15.8 Å². The number of nitrogens with one attached hydrogen (secondary N) is 1. The van der Waals surface area contributed by atoms with E-state index in [9.17, 15) is 4.79 Å². The second-order valence-corrected chi connectivity index (χ2v) is 8.61. The first kappa shape index (κ1) is 21.2. The van der Waals surface area contributed by atoms with Crippen LogP contribution in [0.15, 0.2) is 65.8 Å². The van der Waals surface area contributed by atoms with Crippen molar-refractivity contribution in [1.29, 1.82) is 0 Å². The minimum Gasteiger partial charge on any atom is -0.497 e. The van der Waals surface area contributed by atoms with Crippen molar-refractivity contribution < 1.29 is 9.53 Å². The lowest BCUT2D eigenvalue weighted by molar-refractivity contribution is 0.102. The zero-order valence-electron chi connectivity index (χ0n) is 17.1. The van der Waals surface area contributed by atoms with E-state index in [1.165, 1.54) is 11.8 Å². The van der Waals surface area contributed by atoms with Gasteiger partial charge in [0.1, 0.15) is 17.0 Å². The van der Waals surface area contributed by atoms with E-state index in [0.29, 0.717) is 21.6 Å². The summed E-state index contributed by atoms with van der Waals surface area (Å²) >= 11 is 7.71. The number of aryl methyl sites for hydroxylation is 1. The van der Waals surface area contributed by atoms with Gasteiger partial charge in [-0.25, -0.2) is 9.98 Å². The van der Waals surface area contributed by atoms with Crippen LogP contribution in [-0.2, 0) is 5.54 Å². The monoisotopic (exact) mass is 452 g/mol. The number of ether oxygens (including phenoxy) is 1. The number of nitrogens with two attached hydrogens (primary N) is 1. The molecule has 158 valence electrons. The molecule has 0 saturated heterocycles. The summed E-state index contributed by atoms with van der Waals surface area (Å²) in [5.41, 5.74) is 9.02. The fraction of sp³-hybridized carbons (Fsp3) is 0.174. The van der Waals surface area contributed by atoms with Crippen molar-refractivity contribution in [3.05, 3.63) is 88.2 Å². The highest BCUT2D eigenvalue weighted by Crippen LogP contribution is 2.42. The van der Waals surface area contributed by atoms with Crippen molar-refractivity contribution in [1.82, 2.24) is 4.98 Å². The molecule has 6 nitrogen and oxygen atoms in total. The number of methoxy groups -OCH3 is 1. The summed E-state index contributed by atoms with van der Waals surface area (Å²) in [6.45, 7) is 1.87. The number of carbonyl (C=O) groups excluding carboxylic acids is 1. The molecule has 1 unspecified atom stereocenters. The second-order valence-electron chi connectivity index (χ2n) is 7.21. The number of anilines is 1. The molecular formula is C23H21ClN4O2S. The van der Waals surface area contributed by atoms with Crippen LogP contribution in [0.4, 0.5) is 5.69 Å². The molecule has 4 rings (SSSR count). The van der Waals surface area contributed by atoms with Crippen LogP contribution in [0.2, 0.25) is 5.02 Å². The number of aromatic nitrogens is 1. The van der Waals surface area contributed by atoms with Gasteiger partial charge >= 0.3 is 0 Å². The fourth-order valence-corrected chi connectivity index (χ4v) is 4.79. The highest BCUT2D eigenvalue weighted by Gasteiger charge is 2.39. The van der Waals surface area contributed by atoms with Crippen LogP contribution in [0, 0.1) is 6.92 Å². The van der Waals surface area contributed by atoms with Crippen LogP contribution >= 0.6 is 23.4 Å². The maximum Gasteiger partial charge on any atom is 0.275 e. The standard InChI is InChI=1S/C23H21ClN4O2S/c1-14-10-19(24)20(26-12-14)21(29)27-17-5-3-4-16(11-17)23(13-31-22(25)28-23)15-6-8-18(30-2)9-7-15/h3-12H,13H2,1-2H3,(H2,25,28)(H,27,29). The number of pyridine rings is 1. The first-order valence-corrected chi connectivity index (χ1v) is 10.9. The summed E-state index contributed by atoms with van der Waals surface area (Å²) in [5, 5.41) is 3.73. The lowest BCUT2D eigenvalue weighted by Crippen LogP contribution is -2.26. The predicted octanol–water partition coefficient (Wildman–Crippen LogP) is 4.61. The Morgan fingerprint density at radius 1 is 1.19 bits per heavy atom. The average Bonchev–Trinajstić information content (AvgIpc) is 3.17. The normalized spacial score (nSPS) is 17.8. The Bertz CT molecular complexity index is 1170. The Morgan fingerprint density at radius 3 is 2.61 bits per heavy atom. The zero-order chi connectivity index (χ0) is 22.0. The third-order valence-electron chi connectivity index (χ3n) is 5.09. The van der Waals surface area contributed by atoms with E-state index in [4.69, 9.17) is 27.1 Å². The molecule has 3 N–H and O–H groups in total. The summed E-state index contributed by atoms with van der Waals surface area (Å²) in [6.07, 6.45) is 1.61. The molecule has 0 aliphatic carbocycles. The lowest BCUT2D eigenvalue weighted by atomic mass is 9.85. The maximum atomic E-state index is 12.7. The highest BCUT2D eigenvalue weighted by molar-refractivity contribution is 8.14. The third-order valence-corrected chi connectivity index (χ3v) is 6.33. The van der Waals surface area contributed by atoms with Crippen molar-refractivity contribution in [2.45, 2.75) is 12.5 Å². The summed E-state index contributed by atoms with van der Waals surface area (Å²) in [7, 11) is 1.63. The molecule has 3 aromatic rings. The molecule has 0 fully saturated rings. The van der Waals surface area contributed by atoms with E-state index >= 15 is 0 Å². The number of thioether (sulfide) groups is 1. The molecule has 1 amide bonds. The Labute approximate surface area is 189 Å². The minimum atomic E-state index is -0.651. The largest absolute Gasteiger partial charge is 0.497 e. The van der Waals surface area contributed by atoms with Crippen LogP contribution in [0.5, 0.6) is 5.75 Å². The van der Waals surface area contributed by atoms with Gasteiger partial charge in [0.15, 0.2) is 5.17 Å². The van der Waals surface area contributed by atoms with Gasteiger partial charge in [0.2, 0.25) is 0 Å². The summed E-state index contributed by atoms with van der Waals surface area (Å²) in [6, 6.07) is 17.1. The van der Waals surface area contributed by atoms with Crippen LogP contribution < -0.4 is 15.8 Å². The van der Waals surface area contributed by atoms with Gasteiger partial charge in [-0.1, -0.05) is 47.6 Å². The Hall–Kier alpha value is -3.03. The number of nitrogens with zero attached hydrogens (tertiary/aromatic N) is 2. The maximum absolute atomic E-state index is 12.7. The molecule has 2 heterocycles. The predicted molar refractivity (Wildman–Crippen MR) is 126 cm³/mol. The number of hydrogen-bond acceptors (Lipinski definition) is 6. The van der Waals surface area contributed by atoms with Gasteiger partial charge in [0.25, 0.3) is 5.91 Å². The quantitative estimate of drug-likeness (QED) is 0.590. The summed E-state index contributed by atoms with van der Waals surface area (Å²) in [4.78, 5) is 21.7. The van der Waals surface area contributed by atoms with E-state index < -0.39 is 5.54 Å². The summed E-state index contributed by atoms with van der Waals surface area (Å²) < 4.78 is 5.28. The van der Waals surface area contributed by atoms with E-state index in [-0.39, 0.29) is 11.6 Å². The van der Waals surface area contributed by atoms with E-state index in [1.54, 1.807) is 19.4 Å².